The fourth-order valence-corrected chi connectivity index (χ4v) is 2.15. The molecule has 0 aromatic carbocycles. The summed E-state index contributed by atoms with van der Waals surface area (Å²) in [5, 5.41) is 0.594. The molecule has 1 atom stereocenters. The van der Waals surface area contributed by atoms with E-state index in [1.54, 1.807) is 6.33 Å². The average molecular weight is 152 g/mol. The molecular formula is C7H8N2S. The van der Waals surface area contributed by atoms with Gasteiger partial charge in [0.1, 0.15) is 6.33 Å². The van der Waals surface area contributed by atoms with Gasteiger partial charge in [0.25, 0.3) is 0 Å². The zero-order valence-corrected chi connectivity index (χ0v) is 6.56. The summed E-state index contributed by atoms with van der Waals surface area (Å²) in [4.78, 5) is 8.16. The van der Waals surface area contributed by atoms with Crippen molar-refractivity contribution in [2.45, 2.75) is 17.9 Å². The van der Waals surface area contributed by atoms with Crippen molar-refractivity contribution >= 4 is 11.8 Å². The van der Waals surface area contributed by atoms with E-state index in [9.17, 15) is 0 Å². The molecule has 52 valence electrons. The number of nitrogens with zero attached hydrogens (tertiary/aromatic N) is 2. The lowest BCUT2D eigenvalue weighted by molar-refractivity contribution is 1.01. The Morgan fingerprint density at radius 1 is 1.70 bits per heavy atom. The fourth-order valence-electron chi connectivity index (χ4n) is 1.12. The number of fused-ring (bicyclic) bond motifs is 1. The molecule has 0 spiro atoms. The first-order valence-corrected chi connectivity index (χ1v) is 4.33. The van der Waals surface area contributed by atoms with Crippen LogP contribution < -0.4 is 0 Å². The van der Waals surface area contributed by atoms with E-state index in [2.05, 4.69) is 16.9 Å². The normalized spacial score (nSPS) is 22.7. The summed E-state index contributed by atoms with van der Waals surface area (Å²) in [6, 6.07) is 0. The Hall–Kier alpha value is -0.570. The standard InChI is InChI=1S/C7H8N2S/c1-5-6-2-8-4-9-7(6)3-10-5/h2,4-5H,3H2,1H3/t5-/m0/s1. The maximum Gasteiger partial charge on any atom is 0.115 e. The molecule has 0 amide bonds. The molecular weight excluding hydrogens is 144 g/mol. The predicted molar refractivity (Wildman–Crippen MR) is 41.7 cm³/mol. The molecule has 0 saturated heterocycles. The van der Waals surface area contributed by atoms with Crippen LogP contribution >= 0.6 is 11.8 Å². The van der Waals surface area contributed by atoms with Crippen molar-refractivity contribution in [1.82, 2.24) is 9.97 Å². The van der Waals surface area contributed by atoms with Gasteiger partial charge >= 0.3 is 0 Å². The molecule has 0 fully saturated rings. The second-order valence-corrected chi connectivity index (χ2v) is 3.71. The molecule has 0 N–H and O–H groups in total. The van der Waals surface area contributed by atoms with Gasteiger partial charge in [0.05, 0.1) is 5.69 Å². The van der Waals surface area contributed by atoms with Crippen LogP contribution in [0.1, 0.15) is 23.4 Å². The lowest BCUT2D eigenvalue weighted by atomic mass is 10.2. The zero-order chi connectivity index (χ0) is 6.97. The Morgan fingerprint density at radius 3 is 3.40 bits per heavy atom. The van der Waals surface area contributed by atoms with E-state index in [0.717, 1.165) is 5.75 Å². The van der Waals surface area contributed by atoms with E-state index >= 15 is 0 Å². The van der Waals surface area contributed by atoms with Crippen molar-refractivity contribution in [3.8, 4) is 0 Å². The lowest BCUT2D eigenvalue weighted by Gasteiger charge is -1.98. The van der Waals surface area contributed by atoms with Crippen LogP contribution in [-0.2, 0) is 5.75 Å². The third kappa shape index (κ3) is 0.814. The molecule has 0 aliphatic carbocycles. The largest absolute Gasteiger partial charge is 0.244 e. The quantitative estimate of drug-likeness (QED) is 0.566. The summed E-state index contributed by atoms with van der Waals surface area (Å²) >= 11 is 1.92. The van der Waals surface area contributed by atoms with Crippen molar-refractivity contribution < 1.29 is 0 Å². The van der Waals surface area contributed by atoms with Crippen LogP contribution in [0.2, 0.25) is 0 Å². The average Bonchev–Trinajstić information content (AvgIpc) is 2.34. The first kappa shape index (κ1) is 6.16. The second kappa shape index (κ2) is 2.23. The van der Waals surface area contributed by atoms with Crippen LogP contribution in [0, 0.1) is 0 Å². The summed E-state index contributed by atoms with van der Waals surface area (Å²) in [5.74, 6) is 1.05. The van der Waals surface area contributed by atoms with Crippen LogP contribution in [-0.4, -0.2) is 9.97 Å². The Labute approximate surface area is 64.1 Å². The number of hydrogen-bond acceptors (Lipinski definition) is 3. The van der Waals surface area contributed by atoms with Crippen LogP contribution in [0.4, 0.5) is 0 Å². The Morgan fingerprint density at radius 2 is 2.60 bits per heavy atom. The highest BCUT2D eigenvalue weighted by Crippen LogP contribution is 2.38. The smallest absolute Gasteiger partial charge is 0.115 e. The lowest BCUT2D eigenvalue weighted by Crippen LogP contribution is -1.89. The van der Waals surface area contributed by atoms with E-state index in [0.29, 0.717) is 5.25 Å². The molecule has 1 aromatic heterocycles. The number of rotatable bonds is 0. The molecule has 2 nitrogen and oxygen atoms in total. The van der Waals surface area contributed by atoms with Crippen LogP contribution in [0.25, 0.3) is 0 Å². The monoisotopic (exact) mass is 152 g/mol. The Kier molecular flexibility index (Phi) is 1.38. The van der Waals surface area contributed by atoms with Gasteiger partial charge in [-0.05, 0) is 6.92 Å². The van der Waals surface area contributed by atoms with Crippen LogP contribution in [0.15, 0.2) is 12.5 Å². The van der Waals surface area contributed by atoms with Crippen molar-refractivity contribution in [2.75, 3.05) is 0 Å². The van der Waals surface area contributed by atoms with Gasteiger partial charge in [0, 0.05) is 22.8 Å². The molecule has 0 bridgehead atoms. The highest BCUT2D eigenvalue weighted by molar-refractivity contribution is 7.99. The molecule has 1 aliphatic heterocycles. The van der Waals surface area contributed by atoms with Gasteiger partial charge in [0.15, 0.2) is 0 Å². The van der Waals surface area contributed by atoms with Crippen molar-refractivity contribution in [1.29, 1.82) is 0 Å². The van der Waals surface area contributed by atoms with Crippen molar-refractivity contribution in [3.05, 3.63) is 23.8 Å². The van der Waals surface area contributed by atoms with E-state index in [1.165, 1.54) is 11.3 Å². The first-order chi connectivity index (χ1) is 4.88. The Bertz CT molecular complexity index is 249. The van der Waals surface area contributed by atoms with Crippen LogP contribution in [0.5, 0.6) is 0 Å². The minimum Gasteiger partial charge on any atom is -0.244 e. The van der Waals surface area contributed by atoms with E-state index in [-0.39, 0.29) is 0 Å². The molecule has 1 aliphatic rings. The maximum atomic E-state index is 4.18. The highest BCUT2D eigenvalue weighted by atomic mass is 32.2. The van der Waals surface area contributed by atoms with Crippen molar-refractivity contribution in [2.24, 2.45) is 0 Å². The summed E-state index contributed by atoms with van der Waals surface area (Å²) in [6.07, 6.45) is 3.55. The van der Waals surface area contributed by atoms with Gasteiger partial charge < -0.3 is 0 Å². The first-order valence-electron chi connectivity index (χ1n) is 3.28. The van der Waals surface area contributed by atoms with Gasteiger partial charge in [-0.15, -0.1) is 11.8 Å². The topological polar surface area (TPSA) is 25.8 Å². The predicted octanol–water partition coefficient (Wildman–Crippen LogP) is 1.78. The van der Waals surface area contributed by atoms with E-state index in [1.807, 2.05) is 18.0 Å². The summed E-state index contributed by atoms with van der Waals surface area (Å²) in [7, 11) is 0. The van der Waals surface area contributed by atoms with Gasteiger partial charge in [-0.3, -0.25) is 0 Å². The molecule has 10 heavy (non-hydrogen) atoms. The number of aromatic nitrogens is 2. The van der Waals surface area contributed by atoms with Gasteiger partial charge in [0.2, 0.25) is 0 Å². The van der Waals surface area contributed by atoms with Gasteiger partial charge in [-0.25, -0.2) is 9.97 Å². The SMILES string of the molecule is C[C@@H]1SCc2ncncc21. The van der Waals surface area contributed by atoms with Gasteiger partial charge in [-0.2, -0.15) is 0 Å². The third-order valence-electron chi connectivity index (χ3n) is 1.74. The minimum absolute atomic E-state index is 0.594. The summed E-state index contributed by atoms with van der Waals surface area (Å²) in [5.41, 5.74) is 2.53. The molecule has 3 heteroatoms. The molecule has 2 heterocycles. The molecule has 0 radical (unpaired) electrons. The third-order valence-corrected chi connectivity index (χ3v) is 2.93. The van der Waals surface area contributed by atoms with E-state index < -0.39 is 0 Å². The van der Waals surface area contributed by atoms with Crippen molar-refractivity contribution in [3.63, 3.8) is 0 Å². The fraction of sp³-hybridized carbons (Fsp3) is 0.429. The number of hydrogen-bond donors (Lipinski definition) is 0. The van der Waals surface area contributed by atoms with Crippen LogP contribution in [0.3, 0.4) is 0 Å². The Balaban J connectivity index is 2.51. The number of thioether (sulfide) groups is 1. The molecule has 0 unspecified atom stereocenters. The highest BCUT2D eigenvalue weighted by Gasteiger charge is 2.19. The molecule has 1 aromatic rings. The minimum atomic E-state index is 0.594. The summed E-state index contributed by atoms with van der Waals surface area (Å²) in [6.45, 7) is 2.19. The second-order valence-electron chi connectivity index (χ2n) is 2.38. The molecule has 2 rings (SSSR count). The van der Waals surface area contributed by atoms with Gasteiger partial charge in [-0.1, -0.05) is 0 Å². The van der Waals surface area contributed by atoms with E-state index in [4.69, 9.17) is 0 Å². The molecule has 0 saturated carbocycles. The zero-order valence-electron chi connectivity index (χ0n) is 5.74. The summed E-state index contributed by atoms with van der Waals surface area (Å²) < 4.78 is 0. The maximum absolute atomic E-state index is 4.18.